The number of ether oxygens (including phenoxy) is 1. The van der Waals surface area contributed by atoms with E-state index in [0.717, 1.165) is 0 Å². The van der Waals surface area contributed by atoms with Crippen LogP contribution in [0.1, 0.15) is 10.4 Å². The number of rotatable bonds is 5. The fraction of sp³-hybridized carbons (Fsp3) is 0.0714. The molecule has 0 unspecified atom stereocenters. The van der Waals surface area contributed by atoms with E-state index in [4.69, 9.17) is 4.74 Å². The topological polar surface area (TPSA) is 72.5 Å². The van der Waals surface area contributed by atoms with Gasteiger partial charge in [-0.3, -0.25) is 9.52 Å². The summed E-state index contributed by atoms with van der Waals surface area (Å²) < 4.78 is 31.9. The lowest BCUT2D eigenvalue weighted by Crippen LogP contribution is -2.13. The molecule has 0 aliphatic rings. The molecule has 0 atom stereocenters. The van der Waals surface area contributed by atoms with Gasteiger partial charge < -0.3 is 4.74 Å². The zero-order valence-corrected chi connectivity index (χ0v) is 11.6. The predicted octanol–water partition coefficient (Wildman–Crippen LogP) is 2.31. The molecule has 0 spiro atoms. The molecular weight excluding hydrogens is 278 g/mol. The smallest absolute Gasteiger partial charge is 0.262 e. The van der Waals surface area contributed by atoms with Gasteiger partial charge in [-0.1, -0.05) is 18.2 Å². The van der Waals surface area contributed by atoms with Gasteiger partial charge in [0.25, 0.3) is 10.0 Å². The molecule has 6 heteroatoms. The number of methoxy groups -OCH3 is 1. The molecule has 0 heterocycles. The number of carbonyl (C=O) groups is 1. The van der Waals surface area contributed by atoms with Crippen molar-refractivity contribution in [3.63, 3.8) is 0 Å². The summed E-state index contributed by atoms with van der Waals surface area (Å²) in [4.78, 5) is 10.9. The SMILES string of the molecule is COc1cc(C=O)ccc1NS(=O)(=O)c1ccccc1. The molecule has 0 amide bonds. The number of anilines is 1. The zero-order chi connectivity index (χ0) is 14.6. The average Bonchev–Trinajstić information content (AvgIpc) is 2.48. The van der Waals surface area contributed by atoms with Crippen LogP contribution >= 0.6 is 0 Å². The second-order valence-corrected chi connectivity index (χ2v) is 5.68. The number of aldehydes is 1. The van der Waals surface area contributed by atoms with Gasteiger partial charge in [0.1, 0.15) is 12.0 Å². The maximum Gasteiger partial charge on any atom is 0.262 e. The van der Waals surface area contributed by atoms with E-state index in [9.17, 15) is 13.2 Å². The van der Waals surface area contributed by atoms with E-state index in [1.807, 2.05) is 0 Å². The van der Waals surface area contributed by atoms with Gasteiger partial charge in [0.05, 0.1) is 17.7 Å². The Morgan fingerprint density at radius 3 is 2.40 bits per heavy atom. The molecule has 0 saturated carbocycles. The van der Waals surface area contributed by atoms with Crippen molar-refractivity contribution in [1.82, 2.24) is 0 Å². The number of carbonyl (C=O) groups excluding carboxylic acids is 1. The Balaban J connectivity index is 2.37. The third-order valence-corrected chi connectivity index (χ3v) is 4.04. The van der Waals surface area contributed by atoms with Crippen molar-refractivity contribution in [2.45, 2.75) is 4.90 Å². The second-order valence-electron chi connectivity index (χ2n) is 4.00. The average molecular weight is 291 g/mol. The first-order valence-corrected chi connectivity index (χ1v) is 7.26. The lowest BCUT2D eigenvalue weighted by Gasteiger charge is -2.12. The summed E-state index contributed by atoms with van der Waals surface area (Å²) in [5.41, 5.74) is 0.687. The summed E-state index contributed by atoms with van der Waals surface area (Å²) in [6, 6.07) is 12.5. The molecule has 0 saturated heterocycles. The standard InChI is InChI=1S/C14H13NO4S/c1-19-14-9-11(10-16)7-8-13(14)15-20(17,18)12-5-3-2-4-6-12/h2-10,15H,1H3. The highest BCUT2D eigenvalue weighted by Gasteiger charge is 2.16. The van der Waals surface area contributed by atoms with Gasteiger partial charge >= 0.3 is 0 Å². The number of hydrogen-bond acceptors (Lipinski definition) is 4. The number of hydrogen-bond donors (Lipinski definition) is 1. The molecule has 2 aromatic carbocycles. The first-order valence-electron chi connectivity index (χ1n) is 5.78. The monoisotopic (exact) mass is 291 g/mol. The number of nitrogens with one attached hydrogen (secondary N) is 1. The van der Waals surface area contributed by atoms with Gasteiger partial charge in [0.15, 0.2) is 0 Å². The lowest BCUT2D eigenvalue weighted by molar-refractivity contribution is 0.112. The highest BCUT2D eigenvalue weighted by atomic mass is 32.2. The van der Waals surface area contributed by atoms with E-state index in [-0.39, 0.29) is 16.3 Å². The fourth-order valence-corrected chi connectivity index (χ4v) is 2.76. The van der Waals surface area contributed by atoms with Crippen LogP contribution in [0.25, 0.3) is 0 Å². The summed E-state index contributed by atoms with van der Waals surface area (Å²) in [6.07, 6.45) is 0.665. The van der Waals surface area contributed by atoms with Crippen molar-refractivity contribution >= 4 is 22.0 Å². The Bertz CT molecular complexity index is 711. The van der Waals surface area contributed by atoms with E-state index in [1.165, 1.54) is 37.4 Å². The lowest BCUT2D eigenvalue weighted by atomic mass is 10.2. The largest absolute Gasteiger partial charge is 0.495 e. The highest BCUT2D eigenvalue weighted by molar-refractivity contribution is 7.92. The van der Waals surface area contributed by atoms with E-state index in [0.29, 0.717) is 11.8 Å². The maximum atomic E-state index is 12.2. The first kappa shape index (κ1) is 14.1. The van der Waals surface area contributed by atoms with Crippen LogP contribution in [-0.4, -0.2) is 21.8 Å². The van der Waals surface area contributed by atoms with E-state index < -0.39 is 10.0 Å². The molecule has 2 rings (SSSR count). The molecule has 104 valence electrons. The number of sulfonamides is 1. The van der Waals surface area contributed by atoms with Crippen LogP contribution < -0.4 is 9.46 Å². The third kappa shape index (κ3) is 2.97. The summed E-state index contributed by atoms with van der Waals surface area (Å²) in [7, 11) is -2.28. The normalized spacial score (nSPS) is 10.8. The third-order valence-electron chi connectivity index (χ3n) is 2.66. The molecule has 5 nitrogen and oxygen atoms in total. The van der Waals surface area contributed by atoms with Crippen LogP contribution in [0, 0.1) is 0 Å². The van der Waals surface area contributed by atoms with Gasteiger partial charge in [-0.15, -0.1) is 0 Å². The fourth-order valence-electron chi connectivity index (χ4n) is 1.67. The Morgan fingerprint density at radius 2 is 1.80 bits per heavy atom. The molecule has 0 aliphatic heterocycles. The maximum absolute atomic E-state index is 12.2. The molecule has 2 aromatic rings. The van der Waals surface area contributed by atoms with E-state index >= 15 is 0 Å². The van der Waals surface area contributed by atoms with Crippen LogP contribution in [0.5, 0.6) is 5.75 Å². The Labute approximate surface area is 117 Å². The van der Waals surface area contributed by atoms with Gasteiger partial charge in [-0.25, -0.2) is 8.42 Å². The summed E-state index contributed by atoms with van der Waals surface area (Å²) in [5.74, 6) is 0.286. The molecular formula is C14H13NO4S. The van der Waals surface area contributed by atoms with E-state index in [2.05, 4.69) is 4.72 Å². The quantitative estimate of drug-likeness (QED) is 0.858. The van der Waals surface area contributed by atoms with E-state index in [1.54, 1.807) is 18.2 Å². The van der Waals surface area contributed by atoms with Crippen LogP contribution in [-0.2, 0) is 10.0 Å². The summed E-state index contributed by atoms with van der Waals surface area (Å²) in [5, 5.41) is 0. The highest BCUT2D eigenvalue weighted by Crippen LogP contribution is 2.27. The van der Waals surface area contributed by atoms with Crippen molar-refractivity contribution in [2.75, 3.05) is 11.8 Å². The Kier molecular flexibility index (Phi) is 4.05. The van der Waals surface area contributed by atoms with Crippen molar-refractivity contribution < 1.29 is 17.9 Å². The molecule has 20 heavy (non-hydrogen) atoms. The summed E-state index contributed by atoms with van der Waals surface area (Å²) >= 11 is 0. The second kappa shape index (κ2) is 5.75. The molecule has 0 aliphatic carbocycles. The molecule has 0 aromatic heterocycles. The Hall–Kier alpha value is -2.34. The minimum atomic E-state index is -3.68. The molecule has 0 radical (unpaired) electrons. The summed E-state index contributed by atoms with van der Waals surface area (Å²) in [6.45, 7) is 0. The van der Waals surface area contributed by atoms with Gasteiger partial charge in [0.2, 0.25) is 0 Å². The molecule has 1 N–H and O–H groups in total. The Morgan fingerprint density at radius 1 is 1.10 bits per heavy atom. The zero-order valence-electron chi connectivity index (χ0n) is 10.7. The molecule has 0 fully saturated rings. The van der Waals surface area contributed by atoms with Gasteiger partial charge in [-0.2, -0.15) is 0 Å². The minimum Gasteiger partial charge on any atom is -0.495 e. The van der Waals surface area contributed by atoms with Crippen LogP contribution in [0.15, 0.2) is 53.4 Å². The predicted molar refractivity (Wildman–Crippen MR) is 75.6 cm³/mol. The number of benzene rings is 2. The van der Waals surface area contributed by atoms with Crippen molar-refractivity contribution in [1.29, 1.82) is 0 Å². The van der Waals surface area contributed by atoms with Crippen LogP contribution in [0.3, 0.4) is 0 Å². The van der Waals surface area contributed by atoms with Crippen molar-refractivity contribution in [3.05, 3.63) is 54.1 Å². The van der Waals surface area contributed by atoms with Crippen LogP contribution in [0.4, 0.5) is 5.69 Å². The molecule has 0 bridgehead atoms. The first-order chi connectivity index (χ1) is 9.56. The van der Waals surface area contributed by atoms with Gasteiger partial charge in [-0.05, 0) is 30.3 Å². The van der Waals surface area contributed by atoms with Crippen molar-refractivity contribution in [2.24, 2.45) is 0 Å². The van der Waals surface area contributed by atoms with Gasteiger partial charge in [0, 0.05) is 5.56 Å². The van der Waals surface area contributed by atoms with Crippen LogP contribution in [0.2, 0.25) is 0 Å². The van der Waals surface area contributed by atoms with Crippen molar-refractivity contribution in [3.8, 4) is 5.75 Å². The minimum absolute atomic E-state index is 0.154.